The van der Waals surface area contributed by atoms with Crippen LogP contribution in [0.15, 0.2) is 89.4 Å². The summed E-state index contributed by atoms with van der Waals surface area (Å²) in [4.78, 5) is 24.5. The highest BCUT2D eigenvalue weighted by atomic mass is 79.9. The Kier molecular flexibility index (Phi) is 8.66. The topological polar surface area (TPSA) is 117 Å². The second kappa shape index (κ2) is 11.9. The van der Waals surface area contributed by atoms with E-state index in [9.17, 15) is 14.7 Å². The summed E-state index contributed by atoms with van der Waals surface area (Å²) in [6.07, 6.45) is -0.663. The van der Waals surface area contributed by atoms with E-state index in [2.05, 4.69) is 21.2 Å². The van der Waals surface area contributed by atoms with E-state index in [0.717, 1.165) is 11.6 Å². The molecule has 34 heavy (non-hydrogen) atoms. The van der Waals surface area contributed by atoms with E-state index in [1.165, 1.54) is 17.6 Å². The Balaban J connectivity index is 1.97. The van der Waals surface area contributed by atoms with Crippen molar-refractivity contribution < 1.29 is 29.4 Å². The minimum atomic E-state index is -1.18. The van der Waals surface area contributed by atoms with E-state index < -0.39 is 24.2 Å². The third-order valence-corrected chi connectivity index (χ3v) is 5.18. The summed E-state index contributed by atoms with van der Waals surface area (Å²) in [6, 6.07) is 20.5. The number of carbonyl (C=O) groups is 2. The molecule has 0 spiro atoms. The SMILES string of the molecule is Cc1ccc(NC(=O)O[C@H](c2cc(Br)ccc2O)[C@@H](/C=C/C(=O)NO)Oc2ccccc2)cc1. The van der Waals surface area contributed by atoms with Crippen LogP contribution in [0.3, 0.4) is 0 Å². The number of carbonyl (C=O) groups excluding carboxylic acids is 2. The number of aromatic hydroxyl groups is 1. The van der Waals surface area contributed by atoms with Gasteiger partial charge in [-0.2, -0.15) is 0 Å². The predicted octanol–water partition coefficient (Wildman–Crippen LogP) is 5.26. The Morgan fingerprint density at radius 3 is 2.41 bits per heavy atom. The first-order valence-corrected chi connectivity index (χ1v) is 11.0. The van der Waals surface area contributed by atoms with E-state index in [0.29, 0.717) is 15.9 Å². The predicted molar refractivity (Wildman–Crippen MR) is 130 cm³/mol. The Morgan fingerprint density at radius 2 is 1.74 bits per heavy atom. The lowest BCUT2D eigenvalue weighted by atomic mass is 10.0. The fraction of sp³-hybridized carbons (Fsp3) is 0.120. The van der Waals surface area contributed by atoms with E-state index in [1.807, 2.05) is 19.1 Å². The number of phenolic OH excluding ortho intramolecular Hbond substituents is 1. The van der Waals surface area contributed by atoms with Gasteiger partial charge in [-0.25, -0.2) is 10.3 Å². The summed E-state index contributed by atoms with van der Waals surface area (Å²) < 4.78 is 12.3. The van der Waals surface area contributed by atoms with Gasteiger partial charge in [-0.15, -0.1) is 0 Å². The molecule has 9 heteroatoms. The molecular weight excluding hydrogens is 504 g/mol. The quantitative estimate of drug-likeness (QED) is 0.180. The second-order valence-corrected chi connectivity index (χ2v) is 8.17. The van der Waals surface area contributed by atoms with Crippen molar-refractivity contribution in [3.05, 3.63) is 101 Å². The number of hydrogen-bond donors (Lipinski definition) is 4. The first-order chi connectivity index (χ1) is 16.4. The number of halogens is 1. The number of hydroxylamine groups is 1. The standard InChI is InChI=1S/C25H23BrN2O6/c1-16-7-10-18(11-8-16)27-25(31)34-24(20-15-17(26)9-12-21(20)29)22(13-14-23(30)28-32)33-19-5-3-2-4-6-19/h2-15,22,24,29,32H,1H3,(H,27,31)(H,28,30)/b14-13+/t22-,24-/m1/s1. The fourth-order valence-corrected chi connectivity index (χ4v) is 3.42. The van der Waals surface area contributed by atoms with Gasteiger partial charge in [-0.05, 0) is 55.5 Å². The summed E-state index contributed by atoms with van der Waals surface area (Å²) in [5.74, 6) is -0.510. The molecule has 0 aromatic heterocycles. The lowest BCUT2D eigenvalue weighted by Gasteiger charge is -2.27. The Hall–Kier alpha value is -3.82. The van der Waals surface area contributed by atoms with Gasteiger partial charge in [0.05, 0.1) is 0 Å². The average molecular weight is 527 g/mol. The van der Waals surface area contributed by atoms with E-state index in [-0.39, 0.29) is 11.3 Å². The number of ether oxygens (including phenoxy) is 2. The smallest absolute Gasteiger partial charge is 0.412 e. The Morgan fingerprint density at radius 1 is 1.03 bits per heavy atom. The van der Waals surface area contributed by atoms with Crippen LogP contribution in [0.25, 0.3) is 0 Å². The highest BCUT2D eigenvalue weighted by Crippen LogP contribution is 2.34. The van der Waals surface area contributed by atoms with Crippen LogP contribution >= 0.6 is 15.9 Å². The van der Waals surface area contributed by atoms with Crippen molar-refractivity contribution in [2.24, 2.45) is 0 Å². The molecule has 0 fully saturated rings. The van der Waals surface area contributed by atoms with Gasteiger partial charge in [0, 0.05) is 21.8 Å². The van der Waals surface area contributed by atoms with Crippen molar-refractivity contribution in [2.45, 2.75) is 19.1 Å². The first-order valence-electron chi connectivity index (χ1n) is 10.2. The zero-order chi connectivity index (χ0) is 24.5. The Labute approximate surface area is 204 Å². The molecule has 0 saturated carbocycles. The fourth-order valence-electron chi connectivity index (χ4n) is 3.04. The molecular formula is C25H23BrN2O6. The number of aryl methyl sites for hydroxylation is 1. The molecule has 0 aliphatic heterocycles. The van der Waals surface area contributed by atoms with Crippen LogP contribution in [-0.4, -0.2) is 28.4 Å². The largest absolute Gasteiger partial charge is 0.508 e. The second-order valence-electron chi connectivity index (χ2n) is 7.25. The molecule has 2 amide bonds. The van der Waals surface area contributed by atoms with Crippen LogP contribution in [0.2, 0.25) is 0 Å². The summed E-state index contributed by atoms with van der Waals surface area (Å²) >= 11 is 3.36. The molecule has 2 atom stereocenters. The van der Waals surface area contributed by atoms with Crippen LogP contribution in [0.1, 0.15) is 17.2 Å². The number of amides is 2. The van der Waals surface area contributed by atoms with Crippen LogP contribution in [-0.2, 0) is 9.53 Å². The maximum absolute atomic E-state index is 12.8. The maximum Gasteiger partial charge on any atom is 0.412 e. The molecule has 3 rings (SSSR count). The molecule has 0 aliphatic rings. The van der Waals surface area contributed by atoms with Crippen molar-refractivity contribution in [3.8, 4) is 11.5 Å². The number of nitrogens with one attached hydrogen (secondary N) is 2. The summed E-state index contributed by atoms with van der Waals surface area (Å²) in [6.45, 7) is 1.93. The summed E-state index contributed by atoms with van der Waals surface area (Å²) in [5.41, 5.74) is 3.29. The number of anilines is 1. The minimum absolute atomic E-state index is 0.141. The van der Waals surface area contributed by atoms with Gasteiger partial charge >= 0.3 is 6.09 Å². The zero-order valence-corrected chi connectivity index (χ0v) is 19.7. The molecule has 0 saturated heterocycles. The molecule has 176 valence electrons. The van der Waals surface area contributed by atoms with Gasteiger partial charge < -0.3 is 14.6 Å². The monoisotopic (exact) mass is 526 g/mol. The van der Waals surface area contributed by atoms with E-state index >= 15 is 0 Å². The van der Waals surface area contributed by atoms with Crippen molar-refractivity contribution in [3.63, 3.8) is 0 Å². The summed E-state index contributed by atoms with van der Waals surface area (Å²) in [7, 11) is 0. The minimum Gasteiger partial charge on any atom is -0.508 e. The molecule has 4 N–H and O–H groups in total. The summed E-state index contributed by atoms with van der Waals surface area (Å²) in [5, 5.41) is 22.1. The van der Waals surface area contributed by atoms with Gasteiger partial charge in [0.1, 0.15) is 11.5 Å². The van der Waals surface area contributed by atoms with Gasteiger partial charge in [-0.1, -0.05) is 51.8 Å². The molecule has 3 aromatic rings. The molecule has 0 heterocycles. The number of para-hydroxylation sites is 1. The maximum atomic E-state index is 12.8. The molecule has 0 unspecified atom stereocenters. The third kappa shape index (κ3) is 7.09. The van der Waals surface area contributed by atoms with Crippen LogP contribution < -0.4 is 15.5 Å². The van der Waals surface area contributed by atoms with Gasteiger partial charge in [0.2, 0.25) is 0 Å². The number of hydrogen-bond acceptors (Lipinski definition) is 6. The number of rotatable bonds is 8. The highest BCUT2D eigenvalue weighted by molar-refractivity contribution is 9.10. The van der Waals surface area contributed by atoms with Crippen LogP contribution in [0, 0.1) is 6.92 Å². The van der Waals surface area contributed by atoms with Gasteiger partial charge in [0.15, 0.2) is 12.2 Å². The lowest BCUT2D eigenvalue weighted by molar-refractivity contribution is -0.124. The molecule has 0 radical (unpaired) electrons. The van der Waals surface area contributed by atoms with Crippen molar-refractivity contribution in [1.82, 2.24) is 5.48 Å². The third-order valence-electron chi connectivity index (χ3n) is 4.69. The molecule has 0 aliphatic carbocycles. The number of benzene rings is 3. The van der Waals surface area contributed by atoms with Crippen molar-refractivity contribution in [1.29, 1.82) is 0 Å². The number of phenols is 1. The van der Waals surface area contributed by atoms with Crippen LogP contribution in [0.4, 0.5) is 10.5 Å². The first kappa shape index (κ1) is 24.8. The van der Waals surface area contributed by atoms with Crippen molar-refractivity contribution >= 4 is 33.6 Å². The molecule has 3 aromatic carbocycles. The molecule has 8 nitrogen and oxygen atoms in total. The van der Waals surface area contributed by atoms with Crippen molar-refractivity contribution in [2.75, 3.05) is 5.32 Å². The molecule has 0 bridgehead atoms. The van der Waals surface area contributed by atoms with Crippen LogP contribution in [0.5, 0.6) is 11.5 Å². The Bertz CT molecular complexity index is 1150. The van der Waals surface area contributed by atoms with Gasteiger partial charge in [0.25, 0.3) is 5.91 Å². The zero-order valence-electron chi connectivity index (χ0n) is 18.1. The average Bonchev–Trinajstić information content (AvgIpc) is 2.84. The lowest BCUT2D eigenvalue weighted by Crippen LogP contribution is -2.30. The van der Waals surface area contributed by atoms with E-state index in [4.69, 9.17) is 14.7 Å². The highest BCUT2D eigenvalue weighted by Gasteiger charge is 2.30. The van der Waals surface area contributed by atoms with E-state index in [1.54, 1.807) is 54.6 Å². The van der Waals surface area contributed by atoms with Gasteiger partial charge in [-0.3, -0.25) is 15.3 Å². The normalized spacial score (nSPS) is 12.6.